The molecule has 2 aliphatic rings. The molecule has 404 valence electrons. The van der Waals surface area contributed by atoms with Crippen molar-refractivity contribution in [1.82, 2.24) is 0 Å². The first-order valence-corrected chi connectivity index (χ1v) is 28.2. The van der Waals surface area contributed by atoms with Crippen molar-refractivity contribution in [3.8, 4) is 45.3 Å². The second kappa shape index (κ2) is 25.1. The zero-order valence-corrected chi connectivity index (χ0v) is 46.3. The van der Waals surface area contributed by atoms with Gasteiger partial charge in [0.05, 0.1) is 37.3 Å². The summed E-state index contributed by atoms with van der Waals surface area (Å²) in [6.45, 7) is 14.0. The van der Waals surface area contributed by atoms with Gasteiger partial charge in [-0.3, -0.25) is 0 Å². The van der Waals surface area contributed by atoms with Gasteiger partial charge >= 0.3 is 0 Å². The lowest BCUT2D eigenvalue weighted by Crippen LogP contribution is -2.30. The molecule has 0 saturated heterocycles. The molecule has 8 aromatic carbocycles. The molecule has 0 radical (unpaired) electrons. The lowest BCUT2D eigenvalue weighted by Gasteiger charge is -2.36. The minimum atomic E-state index is -0.528. The average molecular weight is 1050 g/mol. The Bertz CT molecular complexity index is 3080. The van der Waals surface area contributed by atoms with E-state index >= 15 is 0 Å². The summed E-state index contributed by atoms with van der Waals surface area (Å²) in [7, 11) is 0. The molecule has 0 heterocycles. The van der Waals surface area contributed by atoms with E-state index in [2.05, 4.69) is 199 Å². The largest absolute Gasteiger partial charge is 0.491 e. The summed E-state index contributed by atoms with van der Waals surface area (Å²) in [6, 6.07) is 57.4. The van der Waals surface area contributed by atoms with Crippen LogP contribution >= 0.6 is 0 Å². The lowest BCUT2D eigenvalue weighted by molar-refractivity contribution is 0.199. The molecule has 0 aromatic heterocycles. The molecule has 0 amide bonds. The summed E-state index contributed by atoms with van der Waals surface area (Å²) in [5.41, 5.74) is 20.7. The van der Waals surface area contributed by atoms with Crippen LogP contribution in [0, 0.1) is 0 Å². The Balaban J connectivity index is 0.000000191. The summed E-state index contributed by atoms with van der Waals surface area (Å²) < 4.78 is 24.0. The molecule has 0 atom stereocenters. The quantitative estimate of drug-likeness (QED) is 0.0530. The van der Waals surface area contributed by atoms with Crippen LogP contribution in [0.25, 0.3) is 22.3 Å². The van der Waals surface area contributed by atoms with E-state index in [1.54, 1.807) is 0 Å². The van der Waals surface area contributed by atoms with Gasteiger partial charge in [0, 0.05) is 0 Å². The number of aliphatic hydroxyl groups excluding tert-OH is 4. The van der Waals surface area contributed by atoms with Gasteiger partial charge in [0.25, 0.3) is 0 Å². The Morgan fingerprint density at radius 3 is 0.833 bits per heavy atom. The number of aliphatic hydroxyl groups is 4. The predicted molar refractivity (Wildman–Crippen MR) is 314 cm³/mol. The molecule has 0 aliphatic heterocycles. The minimum Gasteiger partial charge on any atom is -0.491 e. The van der Waals surface area contributed by atoms with Crippen LogP contribution in [0.4, 0.5) is 0 Å². The highest BCUT2D eigenvalue weighted by Gasteiger charge is 2.48. The van der Waals surface area contributed by atoms with Crippen LogP contribution in [0.3, 0.4) is 0 Å². The third-order valence-corrected chi connectivity index (χ3v) is 15.9. The monoisotopic (exact) mass is 1040 g/mol. The van der Waals surface area contributed by atoms with Crippen LogP contribution in [0.1, 0.15) is 119 Å². The van der Waals surface area contributed by atoms with Crippen molar-refractivity contribution in [2.75, 3.05) is 52.9 Å². The van der Waals surface area contributed by atoms with Gasteiger partial charge in [0.1, 0.15) is 49.4 Å². The molecule has 10 rings (SSSR count). The maximum atomic E-state index is 9.52. The third-order valence-electron chi connectivity index (χ3n) is 15.9. The number of ether oxygens (including phenoxy) is 4. The van der Waals surface area contributed by atoms with Crippen molar-refractivity contribution in [3.05, 3.63) is 236 Å². The number of fused-ring (bicyclic) bond motifs is 6. The van der Waals surface area contributed by atoms with Gasteiger partial charge in [-0.1, -0.05) is 187 Å². The highest BCUT2D eigenvalue weighted by molar-refractivity contribution is 5.88. The normalized spacial score (nSPS) is 13.2. The second-order valence-electron chi connectivity index (χ2n) is 20.0. The molecule has 8 aromatic rings. The van der Waals surface area contributed by atoms with E-state index in [4.69, 9.17) is 18.9 Å². The van der Waals surface area contributed by atoms with Crippen molar-refractivity contribution in [1.29, 1.82) is 0 Å². The molecule has 0 fully saturated rings. The summed E-state index contributed by atoms with van der Waals surface area (Å²) >= 11 is 0. The minimum absolute atomic E-state index is 0.0109. The van der Waals surface area contributed by atoms with E-state index in [9.17, 15) is 20.4 Å². The van der Waals surface area contributed by atoms with Crippen LogP contribution in [0.15, 0.2) is 158 Å². The number of aryl methyl sites for hydroxylation is 6. The molecule has 0 spiro atoms. The van der Waals surface area contributed by atoms with Gasteiger partial charge in [0.2, 0.25) is 0 Å². The Morgan fingerprint density at radius 1 is 0.295 bits per heavy atom. The molecule has 8 nitrogen and oxygen atoms in total. The second-order valence-corrected chi connectivity index (χ2v) is 20.0. The van der Waals surface area contributed by atoms with Crippen molar-refractivity contribution in [2.45, 2.75) is 90.9 Å². The van der Waals surface area contributed by atoms with Crippen LogP contribution in [-0.4, -0.2) is 73.3 Å². The molecule has 4 N–H and O–H groups in total. The van der Waals surface area contributed by atoms with E-state index in [1.807, 2.05) is 0 Å². The number of benzene rings is 8. The van der Waals surface area contributed by atoms with E-state index in [0.29, 0.717) is 0 Å². The molecule has 0 saturated carbocycles. The Hall–Kier alpha value is -7.20. The van der Waals surface area contributed by atoms with Gasteiger partial charge in [-0.2, -0.15) is 0 Å². The number of hydrogen-bond acceptors (Lipinski definition) is 8. The Kier molecular flexibility index (Phi) is 17.9. The first-order chi connectivity index (χ1) is 38.3. The maximum Gasteiger partial charge on any atom is 0.125 e. The van der Waals surface area contributed by atoms with Crippen LogP contribution in [-0.2, 0) is 49.4 Å². The van der Waals surface area contributed by atoms with E-state index in [0.717, 1.165) is 94.9 Å². The lowest BCUT2D eigenvalue weighted by atomic mass is 9.66. The standard InChI is InChI=1S/C37H42O4.C33H34O4/c1-5-25-21-29(22-26(6-2)35(25)40-19-17-38)37(30-23-27(7-3)36(41-20-18-39)28(8-4)24-30)33-15-11-9-13-31(33)32-14-10-12-16-34(32)37;1-3-23-21-25(13-15-31(23)36-19-17-34)33(26-14-16-32(37-20-18-35)24(4-2)22-26)29-11-7-5-9-27(29)28-10-6-8-12-30(28)33/h9-16,21-24,38-39H,5-8,17-20H2,1-4H3;5-16,21-22,34-35H,3-4,17-20H2,1-2H3. The van der Waals surface area contributed by atoms with Crippen LogP contribution < -0.4 is 18.9 Å². The fourth-order valence-corrected chi connectivity index (χ4v) is 12.5. The molecule has 0 unspecified atom stereocenters. The smallest absolute Gasteiger partial charge is 0.125 e. The SMILES string of the molecule is CCc1cc(C2(c3cc(CC)c(OCCO)c(CC)c3)c3ccccc3-c3ccccc32)cc(CC)c1OCCO.CCc1cc(C2(c3ccc(OCCO)c(CC)c3)c3ccccc3-c3ccccc32)ccc1OCCO. The number of hydrogen-bond donors (Lipinski definition) is 4. The predicted octanol–water partition coefficient (Wildman–Crippen LogP) is 13.0. The fraction of sp³-hybridized carbons (Fsp3) is 0.314. The summed E-state index contributed by atoms with van der Waals surface area (Å²) in [5, 5.41) is 37.6. The highest BCUT2D eigenvalue weighted by Crippen LogP contribution is 2.59. The van der Waals surface area contributed by atoms with Crippen LogP contribution in [0.2, 0.25) is 0 Å². The van der Waals surface area contributed by atoms with Gasteiger partial charge in [0.15, 0.2) is 0 Å². The van der Waals surface area contributed by atoms with Gasteiger partial charge < -0.3 is 39.4 Å². The first kappa shape index (κ1) is 55.6. The number of rotatable bonds is 22. The van der Waals surface area contributed by atoms with E-state index in [-0.39, 0.29) is 52.9 Å². The average Bonchev–Trinajstić information content (AvgIpc) is 3.41. The maximum absolute atomic E-state index is 9.52. The summed E-state index contributed by atoms with van der Waals surface area (Å²) in [5.74, 6) is 3.44. The molecule has 0 bridgehead atoms. The summed E-state index contributed by atoms with van der Waals surface area (Å²) in [4.78, 5) is 0. The fourth-order valence-electron chi connectivity index (χ4n) is 12.5. The topological polar surface area (TPSA) is 118 Å². The van der Waals surface area contributed by atoms with E-state index in [1.165, 1.54) is 66.8 Å². The third kappa shape index (κ3) is 9.89. The molecule has 2 aliphatic carbocycles. The van der Waals surface area contributed by atoms with Crippen molar-refractivity contribution >= 4 is 0 Å². The zero-order valence-electron chi connectivity index (χ0n) is 46.3. The van der Waals surface area contributed by atoms with Crippen molar-refractivity contribution < 1.29 is 39.4 Å². The molecular weight excluding hydrogens is 969 g/mol. The molecule has 8 heteroatoms. The van der Waals surface area contributed by atoms with Gasteiger partial charge in [-0.15, -0.1) is 0 Å². The van der Waals surface area contributed by atoms with E-state index < -0.39 is 10.8 Å². The highest BCUT2D eigenvalue weighted by atomic mass is 16.5. The Morgan fingerprint density at radius 2 is 0.551 bits per heavy atom. The van der Waals surface area contributed by atoms with Crippen molar-refractivity contribution in [2.24, 2.45) is 0 Å². The molecular formula is C70H76O8. The molecule has 78 heavy (non-hydrogen) atoms. The van der Waals surface area contributed by atoms with Gasteiger partial charge in [-0.05, 0) is 151 Å². The van der Waals surface area contributed by atoms with Crippen molar-refractivity contribution in [3.63, 3.8) is 0 Å². The Labute approximate surface area is 461 Å². The zero-order chi connectivity index (χ0) is 54.8. The van der Waals surface area contributed by atoms with Crippen LogP contribution in [0.5, 0.6) is 23.0 Å². The first-order valence-electron chi connectivity index (χ1n) is 28.2. The van der Waals surface area contributed by atoms with Gasteiger partial charge in [-0.25, -0.2) is 0 Å². The summed E-state index contributed by atoms with van der Waals surface area (Å²) in [6.07, 6.45) is 4.96.